The number of benzene rings is 10. The summed E-state index contributed by atoms with van der Waals surface area (Å²) in [5, 5.41) is 11.6. The molecule has 0 spiro atoms. The van der Waals surface area contributed by atoms with Gasteiger partial charge in [0, 0.05) is 43.7 Å². The maximum absolute atomic E-state index is 6.81. The van der Waals surface area contributed by atoms with Crippen molar-refractivity contribution in [2.24, 2.45) is 0 Å². The van der Waals surface area contributed by atoms with Crippen LogP contribution in [0.3, 0.4) is 0 Å². The molecule has 0 saturated heterocycles. The van der Waals surface area contributed by atoms with Crippen LogP contribution in [0.5, 0.6) is 0 Å². The first-order valence-electron chi connectivity index (χ1n) is 19.8. The third-order valence-electron chi connectivity index (χ3n) is 12.0. The molecular formula is C54H36N2O2. The van der Waals surface area contributed by atoms with Crippen molar-refractivity contribution in [3.05, 3.63) is 193 Å². The number of furan rings is 2. The van der Waals surface area contributed by atoms with E-state index in [2.05, 4.69) is 206 Å². The molecule has 0 amide bonds. The van der Waals surface area contributed by atoms with Crippen molar-refractivity contribution in [2.45, 2.75) is 13.8 Å². The summed E-state index contributed by atoms with van der Waals surface area (Å²) in [6.45, 7) is 4.23. The third kappa shape index (κ3) is 4.69. The fourth-order valence-electron chi connectivity index (χ4n) is 9.39. The zero-order valence-corrected chi connectivity index (χ0v) is 32.0. The summed E-state index contributed by atoms with van der Waals surface area (Å²) in [7, 11) is 0. The minimum Gasteiger partial charge on any atom is -0.454 e. The number of hydrogen-bond donors (Lipinski definition) is 0. The molecule has 2 heterocycles. The van der Waals surface area contributed by atoms with Crippen molar-refractivity contribution < 1.29 is 8.83 Å². The van der Waals surface area contributed by atoms with E-state index in [4.69, 9.17) is 8.83 Å². The molecule has 0 unspecified atom stereocenters. The number of nitrogens with zero attached hydrogens (tertiary/aromatic N) is 2. The zero-order valence-electron chi connectivity index (χ0n) is 32.0. The lowest BCUT2D eigenvalue weighted by atomic mass is 9.91. The summed E-state index contributed by atoms with van der Waals surface area (Å²) >= 11 is 0. The minimum absolute atomic E-state index is 0.872. The topological polar surface area (TPSA) is 32.8 Å². The molecule has 0 aliphatic carbocycles. The highest BCUT2D eigenvalue weighted by atomic mass is 16.3. The molecule has 12 aromatic rings. The van der Waals surface area contributed by atoms with Gasteiger partial charge in [-0.05, 0) is 95.1 Å². The largest absolute Gasteiger partial charge is 0.454 e. The van der Waals surface area contributed by atoms with Crippen LogP contribution in [0.25, 0.3) is 76.2 Å². The smallest absolute Gasteiger partial charge is 0.159 e. The van der Waals surface area contributed by atoms with Crippen LogP contribution in [0.1, 0.15) is 11.1 Å². The lowest BCUT2D eigenvalue weighted by Crippen LogP contribution is -2.12. The first kappa shape index (κ1) is 32.7. The molecule has 0 radical (unpaired) electrons. The van der Waals surface area contributed by atoms with Crippen molar-refractivity contribution >= 4 is 110 Å². The van der Waals surface area contributed by atoms with E-state index >= 15 is 0 Å². The third-order valence-corrected chi connectivity index (χ3v) is 12.0. The van der Waals surface area contributed by atoms with Gasteiger partial charge in [0.1, 0.15) is 11.2 Å². The second-order valence-corrected chi connectivity index (χ2v) is 15.4. The summed E-state index contributed by atoms with van der Waals surface area (Å²) in [6, 6.07) is 65.3. The van der Waals surface area contributed by atoms with Gasteiger partial charge in [0.25, 0.3) is 0 Å². The molecule has 0 N–H and O–H groups in total. The quantitative estimate of drug-likeness (QED) is 0.159. The normalized spacial score (nSPS) is 12.0. The average molecular weight is 745 g/mol. The number of hydrogen-bond acceptors (Lipinski definition) is 4. The molecule has 0 atom stereocenters. The number of para-hydroxylation sites is 6. The SMILES string of the molecule is Cc1cccc2c1oc1c(N(c3ccccc3)c3cc4ccc(N(c5ccccc5)c5cccc6c5oc5c(C)cccc56)c5ccc6cccc3c6c45)cccc12. The molecule has 0 saturated carbocycles. The molecule has 2 aromatic heterocycles. The highest BCUT2D eigenvalue weighted by molar-refractivity contribution is 6.29. The number of rotatable bonds is 6. The van der Waals surface area contributed by atoms with Gasteiger partial charge in [-0.15, -0.1) is 0 Å². The van der Waals surface area contributed by atoms with Gasteiger partial charge in [-0.1, -0.05) is 133 Å². The van der Waals surface area contributed by atoms with Gasteiger partial charge in [-0.2, -0.15) is 0 Å². The van der Waals surface area contributed by atoms with Gasteiger partial charge in [0.2, 0.25) is 0 Å². The van der Waals surface area contributed by atoms with Gasteiger partial charge < -0.3 is 18.6 Å². The predicted octanol–water partition coefficient (Wildman–Crippen LogP) is 15.9. The maximum Gasteiger partial charge on any atom is 0.159 e. The van der Waals surface area contributed by atoms with E-state index in [0.29, 0.717) is 0 Å². The van der Waals surface area contributed by atoms with Crippen molar-refractivity contribution in [3.8, 4) is 0 Å². The van der Waals surface area contributed by atoms with Gasteiger partial charge >= 0.3 is 0 Å². The number of anilines is 6. The van der Waals surface area contributed by atoms with Gasteiger partial charge in [0.15, 0.2) is 11.2 Å². The first-order chi connectivity index (χ1) is 28.6. The molecule has 274 valence electrons. The Bertz CT molecular complexity index is 3540. The molecule has 0 bridgehead atoms. The minimum atomic E-state index is 0.872. The van der Waals surface area contributed by atoms with Gasteiger partial charge in [-0.3, -0.25) is 0 Å². The summed E-state index contributed by atoms with van der Waals surface area (Å²) < 4.78 is 13.6. The van der Waals surface area contributed by atoms with Crippen LogP contribution in [0.2, 0.25) is 0 Å². The standard InChI is InChI=1S/C54H36N2O2/c1-33-14-9-21-39-41-23-12-26-46(53(41)57-51(33)39)55(37-17-5-3-6-18-37)45-31-29-36-32-48(43-25-11-16-35-28-30-44(45)50(36)49(35)43)56(38-19-7-4-8-20-38)47-27-13-24-42-40-22-10-15-34(2)52(40)58-54(42)47/h3-32H,1-2H3. The Morgan fingerprint density at radius 2 is 0.759 bits per heavy atom. The Hall–Kier alpha value is -7.56. The number of fused-ring (bicyclic) bond motifs is 6. The summed E-state index contributed by atoms with van der Waals surface area (Å²) in [5.74, 6) is 0. The van der Waals surface area contributed by atoms with E-state index in [1.165, 1.54) is 26.9 Å². The predicted molar refractivity (Wildman–Crippen MR) is 244 cm³/mol. The number of aryl methyl sites for hydroxylation is 2. The van der Waals surface area contributed by atoms with E-state index in [1.807, 2.05) is 0 Å². The van der Waals surface area contributed by atoms with Crippen molar-refractivity contribution in [3.63, 3.8) is 0 Å². The maximum atomic E-state index is 6.81. The molecule has 0 aliphatic rings. The Kier molecular flexibility index (Phi) is 7.02. The second kappa shape index (κ2) is 12.5. The fourth-order valence-corrected chi connectivity index (χ4v) is 9.39. The second-order valence-electron chi connectivity index (χ2n) is 15.4. The van der Waals surface area contributed by atoms with Crippen LogP contribution in [0.4, 0.5) is 34.1 Å². The molecule has 4 heteroatoms. The monoisotopic (exact) mass is 744 g/mol. The average Bonchev–Trinajstić information content (AvgIpc) is 3.86. The van der Waals surface area contributed by atoms with E-state index in [9.17, 15) is 0 Å². The lowest BCUT2D eigenvalue weighted by Gasteiger charge is -2.30. The first-order valence-corrected chi connectivity index (χ1v) is 19.8. The molecule has 0 aliphatic heterocycles. The van der Waals surface area contributed by atoms with E-state index in [-0.39, 0.29) is 0 Å². The van der Waals surface area contributed by atoms with Crippen LogP contribution < -0.4 is 9.80 Å². The lowest BCUT2D eigenvalue weighted by molar-refractivity contribution is 0.665. The van der Waals surface area contributed by atoms with Gasteiger partial charge in [0.05, 0.1) is 22.7 Å². The molecule has 10 aromatic carbocycles. The fraction of sp³-hybridized carbons (Fsp3) is 0.0370. The van der Waals surface area contributed by atoms with E-state index in [0.717, 1.165) is 94.5 Å². The van der Waals surface area contributed by atoms with E-state index < -0.39 is 0 Å². The zero-order chi connectivity index (χ0) is 38.5. The van der Waals surface area contributed by atoms with Crippen LogP contribution in [0, 0.1) is 13.8 Å². The van der Waals surface area contributed by atoms with Crippen LogP contribution in [-0.2, 0) is 0 Å². The van der Waals surface area contributed by atoms with Crippen LogP contribution in [-0.4, -0.2) is 0 Å². The molecule has 12 rings (SSSR count). The Morgan fingerprint density at radius 1 is 0.310 bits per heavy atom. The molecule has 0 fully saturated rings. The highest BCUT2D eigenvalue weighted by Gasteiger charge is 2.26. The summed E-state index contributed by atoms with van der Waals surface area (Å²) in [5.41, 5.74) is 12.2. The van der Waals surface area contributed by atoms with Crippen LogP contribution >= 0.6 is 0 Å². The highest BCUT2D eigenvalue weighted by Crippen LogP contribution is 2.51. The van der Waals surface area contributed by atoms with Crippen LogP contribution in [0.15, 0.2) is 191 Å². The van der Waals surface area contributed by atoms with Crippen molar-refractivity contribution in [1.82, 2.24) is 0 Å². The van der Waals surface area contributed by atoms with Crippen molar-refractivity contribution in [2.75, 3.05) is 9.80 Å². The van der Waals surface area contributed by atoms with E-state index in [1.54, 1.807) is 0 Å². The molecule has 58 heavy (non-hydrogen) atoms. The Labute approximate surface area is 334 Å². The van der Waals surface area contributed by atoms with Gasteiger partial charge in [-0.25, -0.2) is 0 Å². The molecular weight excluding hydrogens is 709 g/mol. The van der Waals surface area contributed by atoms with Crippen molar-refractivity contribution in [1.29, 1.82) is 0 Å². The summed E-state index contributed by atoms with van der Waals surface area (Å²) in [4.78, 5) is 4.75. The molecule has 4 nitrogen and oxygen atoms in total. The Balaban J connectivity index is 1.14. The Morgan fingerprint density at radius 3 is 1.34 bits per heavy atom. The summed E-state index contributed by atoms with van der Waals surface area (Å²) in [6.07, 6.45) is 0.